The molecule has 3 saturated heterocycles. The van der Waals surface area contributed by atoms with Gasteiger partial charge in [0.25, 0.3) is 0 Å². The first-order valence-corrected chi connectivity index (χ1v) is 8.85. The Morgan fingerprint density at radius 3 is 2.52 bits per heavy atom. The summed E-state index contributed by atoms with van der Waals surface area (Å²) >= 11 is 0. The van der Waals surface area contributed by atoms with Gasteiger partial charge >= 0.3 is 0 Å². The van der Waals surface area contributed by atoms with E-state index in [1.54, 1.807) is 12.4 Å². The molecule has 8 nitrogen and oxygen atoms in total. The Balaban J connectivity index is 1.39. The number of morpholine rings is 1. The first kappa shape index (κ1) is 13.8. The fourth-order valence-electron chi connectivity index (χ4n) is 4.13. The predicted octanol–water partition coefficient (Wildman–Crippen LogP) is 0.559. The summed E-state index contributed by atoms with van der Waals surface area (Å²) in [6.45, 7) is 3.84. The fraction of sp³-hybridized carbons (Fsp3) is 0.529. The van der Waals surface area contributed by atoms with E-state index < -0.39 is 0 Å². The van der Waals surface area contributed by atoms with Crippen molar-refractivity contribution in [1.29, 1.82) is 0 Å². The van der Waals surface area contributed by atoms with Gasteiger partial charge in [0.15, 0.2) is 0 Å². The normalized spacial score (nSPS) is 31.8. The molecular weight excluding hydrogens is 318 g/mol. The van der Waals surface area contributed by atoms with E-state index >= 15 is 0 Å². The molecule has 0 amide bonds. The zero-order valence-electron chi connectivity index (χ0n) is 13.7. The number of hydrogen-bond acceptors (Lipinski definition) is 8. The molecule has 0 radical (unpaired) electrons. The highest BCUT2D eigenvalue weighted by Crippen LogP contribution is 2.46. The van der Waals surface area contributed by atoms with Crippen LogP contribution >= 0.6 is 0 Å². The van der Waals surface area contributed by atoms with Gasteiger partial charge in [0.2, 0.25) is 11.9 Å². The van der Waals surface area contributed by atoms with Gasteiger partial charge in [-0.1, -0.05) is 0 Å². The summed E-state index contributed by atoms with van der Waals surface area (Å²) < 4.78 is 5.53. The number of ether oxygens (including phenoxy) is 1. The zero-order valence-corrected chi connectivity index (χ0v) is 13.7. The molecule has 8 heteroatoms. The van der Waals surface area contributed by atoms with Crippen molar-refractivity contribution in [1.82, 2.24) is 19.9 Å². The molecule has 1 saturated carbocycles. The van der Waals surface area contributed by atoms with Crippen LogP contribution in [0, 0.1) is 11.8 Å². The lowest BCUT2D eigenvalue weighted by Gasteiger charge is -2.55. The maximum atomic E-state index is 5.62. The second-order valence-corrected chi connectivity index (χ2v) is 7.49. The van der Waals surface area contributed by atoms with Crippen molar-refractivity contribution in [3.05, 3.63) is 18.5 Å². The van der Waals surface area contributed by atoms with Crippen molar-refractivity contribution in [3.8, 4) is 11.3 Å². The highest BCUT2D eigenvalue weighted by molar-refractivity contribution is 5.65. The fourth-order valence-corrected chi connectivity index (χ4v) is 4.13. The summed E-state index contributed by atoms with van der Waals surface area (Å²) in [5.41, 5.74) is 7.34. The minimum atomic E-state index is 0.273. The summed E-state index contributed by atoms with van der Waals surface area (Å²) in [5, 5.41) is 0. The van der Waals surface area contributed by atoms with Crippen LogP contribution in [-0.4, -0.2) is 58.3 Å². The summed E-state index contributed by atoms with van der Waals surface area (Å²) in [7, 11) is 0. The Morgan fingerprint density at radius 2 is 1.88 bits per heavy atom. The molecule has 1 aliphatic carbocycles. The molecule has 0 bridgehead atoms. The minimum Gasteiger partial charge on any atom is -0.372 e. The molecule has 4 aliphatic rings. The van der Waals surface area contributed by atoms with E-state index in [0.29, 0.717) is 12.1 Å². The molecule has 2 N–H and O–H groups in total. The average molecular weight is 337 g/mol. The van der Waals surface area contributed by atoms with Gasteiger partial charge in [-0.05, 0) is 18.3 Å². The maximum Gasteiger partial charge on any atom is 0.227 e. The van der Waals surface area contributed by atoms with Gasteiger partial charge in [-0.25, -0.2) is 15.0 Å². The van der Waals surface area contributed by atoms with Gasteiger partial charge in [0, 0.05) is 43.7 Å². The van der Waals surface area contributed by atoms with Crippen LogP contribution in [0.1, 0.15) is 6.42 Å². The molecule has 25 heavy (non-hydrogen) atoms. The molecule has 0 spiro atoms. The van der Waals surface area contributed by atoms with Gasteiger partial charge in [-0.15, -0.1) is 0 Å². The summed E-state index contributed by atoms with van der Waals surface area (Å²) in [4.78, 5) is 22.5. The molecular formula is C17H19N7O. The van der Waals surface area contributed by atoms with Gasteiger partial charge in [-0.2, -0.15) is 4.98 Å². The van der Waals surface area contributed by atoms with Crippen LogP contribution in [0.5, 0.6) is 0 Å². The van der Waals surface area contributed by atoms with E-state index in [1.807, 2.05) is 6.07 Å². The smallest absolute Gasteiger partial charge is 0.227 e. The van der Waals surface area contributed by atoms with Crippen molar-refractivity contribution >= 4 is 17.7 Å². The van der Waals surface area contributed by atoms with E-state index in [-0.39, 0.29) is 5.95 Å². The second kappa shape index (κ2) is 4.78. The summed E-state index contributed by atoms with van der Waals surface area (Å²) in [6, 6.07) is 2.49. The van der Waals surface area contributed by atoms with E-state index in [0.717, 1.165) is 61.1 Å². The summed E-state index contributed by atoms with van der Waals surface area (Å²) in [6.07, 6.45) is 5.19. The molecule has 3 aliphatic heterocycles. The number of hydrogen-bond donors (Lipinski definition) is 1. The van der Waals surface area contributed by atoms with E-state index in [4.69, 9.17) is 20.4 Å². The van der Waals surface area contributed by atoms with Crippen molar-refractivity contribution in [3.63, 3.8) is 0 Å². The number of nitrogens with two attached hydrogens (primary N) is 1. The molecule has 6 rings (SSSR count). The van der Waals surface area contributed by atoms with E-state index in [9.17, 15) is 0 Å². The second-order valence-electron chi connectivity index (χ2n) is 7.49. The zero-order chi connectivity index (χ0) is 16.5. The van der Waals surface area contributed by atoms with Crippen LogP contribution in [0.2, 0.25) is 0 Å². The Morgan fingerprint density at radius 1 is 1.08 bits per heavy atom. The van der Waals surface area contributed by atoms with E-state index in [1.165, 1.54) is 6.42 Å². The Hall–Kier alpha value is -2.48. The Bertz CT molecular complexity index is 811. The van der Waals surface area contributed by atoms with Crippen molar-refractivity contribution in [2.75, 3.05) is 41.8 Å². The maximum absolute atomic E-state index is 5.62. The molecule has 5 heterocycles. The SMILES string of the molecule is Nc1ncc(-c2cc(N3C[C@H]4OCC43)nc(N3CC4CC4C3)n2)cn1. The Labute approximate surface area is 145 Å². The molecule has 4 atom stereocenters. The standard InChI is InChI=1S/C17H19N7O/c18-16-19-3-11(4-20-16)12-2-15(24-7-14-13(24)8-25-14)22-17(21-12)23-5-9-1-10(9)6-23/h2-4,9-10,13-14H,1,5-8H2,(H2,18,19,20)/t9?,10?,13?,14-/m1/s1. The number of nitrogen functional groups attached to an aromatic ring is 1. The van der Waals surface area contributed by atoms with Gasteiger partial charge in [-0.3, -0.25) is 0 Å². The summed E-state index contributed by atoms with van der Waals surface area (Å²) in [5.74, 6) is 3.74. The topological polar surface area (TPSA) is 93.3 Å². The van der Waals surface area contributed by atoms with Crippen LogP contribution in [0.25, 0.3) is 11.3 Å². The van der Waals surface area contributed by atoms with Crippen LogP contribution in [0.15, 0.2) is 18.5 Å². The van der Waals surface area contributed by atoms with Crippen LogP contribution in [0.3, 0.4) is 0 Å². The molecule has 4 fully saturated rings. The predicted molar refractivity (Wildman–Crippen MR) is 92.2 cm³/mol. The largest absolute Gasteiger partial charge is 0.372 e. The third-order valence-corrected chi connectivity index (χ3v) is 5.91. The minimum absolute atomic E-state index is 0.273. The number of anilines is 3. The average Bonchev–Trinajstić information content (AvgIpc) is 3.23. The first-order chi connectivity index (χ1) is 12.2. The molecule has 2 aromatic rings. The number of rotatable bonds is 3. The van der Waals surface area contributed by atoms with Gasteiger partial charge < -0.3 is 20.3 Å². The van der Waals surface area contributed by atoms with Crippen LogP contribution in [-0.2, 0) is 4.74 Å². The number of piperidine rings is 1. The molecule has 2 aromatic heterocycles. The molecule has 0 aromatic carbocycles. The lowest BCUT2D eigenvalue weighted by molar-refractivity contribution is -0.113. The number of aromatic nitrogens is 4. The quantitative estimate of drug-likeness (QED) is 0.868. The van der Waals surface area contributed by atoms with E-state index in [2.05, 4.69) is 19.8 Å². The molecule has 128 valence electrons. The first-order valence-electron chi connectivity index (χ1n) is 8.85. The Kier molecular flexibility index (Phi) is 2.64. The van der Waals surface area contributed by atoms with Gasteiger partial charge in [0.1, 0.15) is 5.82 Å². The van der Waals surface area contributed by atoms with Crippen molar-refractivity contribution in [2.24, 2.45) is 11.8 Å². The monoisotopic (exact) mass is 337 g/mol. The number of nitrogens with zero attached hydrogens (tertiary/aromatic N) is 6. The van der Waals surface area contributed by atoms with Gasteiger partial charge in [0.05, 0.1) is 24.4 Å². The highest BCUT2D eigenvalue weighted by Gasteiger charge is 2.49. The lowest BCUT2D eigenvalue weighted by atomic mass is 9.95. The van der Waals surface area contributed by atoms with Crippen LogP contribution < -0.4 is 15.5 Å². The highest BCUT2D eigenvalue weighted by atomic mass is 16.5. The van der Waals surface area contributed by atoms with Crippen molar-refractivity contribution < 1.29 is 4.74 Å². The van der Waals surface area contributed by atoms with Crippen LogP contribution in [0.4, 0.5) is 17.7 Å². The third-order valence-electron chi connectivity index (χ3n) is 5.91. The lowest BCUT2D eigenvalue weighted by Crippen LogP contribution is -2.71. The number of fused-ring (bicyclic) bond motifs is 2. The third kappa shape index (κ3) is 2.10. The molecule has 3 unspecified atom stereocenters. The van der Waals surface area contributed by atoms with Crippen molar-refractivity contribution in [2.45, 2.75) is 18.6 Å².